The molecule has 0 bridgehead atoms. The van der Waals surface area contributed by atoms with Crippen LogP contribution in [0.2, 0.25) is 0 Å². The zero-order valence-corrected chi connectivity index (χ0v) is 18.9. The van der Waals surface area contributed by atoms with Crippen molar-refractivity contribution in [1.82, 2.24) is 14.7 Å². The predicted octanol–water partition coefficient (Wildman–Crippen LogP) is -1.44. The van der Waals surface area contributed by atoms with E-state index in [1.807, 2.05) is 16.7 Å². The van der Waals surface area contributed by atoms with Crippen molar-refractivity contribution < 1.29 is 24.6 Å². The second kappa shape index (κ2) is 13.0. The van der Waals surface area contributed by atoms with E-state index in [1.165, 1.54) is 0 Å². The lowest BCUT2D eigenvalue weighted by Crippen LogP contribution is -2.47. The van der Waals surface area contributed by atoms with Gasteiger partial charge >= 0.3 is 11.9 Å². The fraction of sp³-hybridized carbons (Fsp3) is 0.667. The molecular formula is C21H33N5O7. The Morgan fingerprint density at radius 3 is 2.12 bits per heavy atom. The third-order valence-corrected chi connectivity index (χ3v) is 5.78. The van der Waals surface area contributed by atoms with E-state index >= 15 is 0 Å². The van der Waals surface area contributed by atoms with Gasteiger partial charge in [0.2, 0.25) is 0 Å². The molecule has 2 rings (SSSR count). The van der Waals surface area contributed by atoms with Gasteiger partial charge in [-0.3, -0.25) is 33.9 Å². The topological polar surface area (TPSA) is 160 Å². The molecule has 1 aromatic carbocycles. The number of rotatable bonds is 13. The van der Waals surface area contributed by atoms with Gasteiger partial charge in [-0.2, -0.15) is 0 Å². The van der Waals surface area contributed by atoms with Crippen molar-refractivity contribution in [2.75, 3.05) is 76.1 Å². The maximum atomic E-state index is 12.0. The van der Waals surface area contributed by atoms with E-state index in [9.17, 15) is 29.1 Å². The summed E-state index contributed by atoms with van der Waals surface area (Å²) in [6, 6.07) is -0.796. The molecule has 1 atom stereocenters. The van der Waals surface area contributed by atoms with Crippen molar-refractivity contribution in [2.24, 2.45) is 0 Å². The molecule has 33 heavy (non-hydrogen) atoms. The molecule has 1 aliphatic rings. The van der Waals surface area contributed by atoms with E-state index in [-0.39, 0.29) is 24.5 Å². The van der Waals surface area contributed by atoms with Gasteiger partial charge in [0.05, 0.1) is 13.1 Å². The van der Waals surface area contributed by atoms with Gasteiger partial charge in [-0.25, -0.2) is 0 Å². The molecule has 0 aromatic heterocycles. The highest BCUT2D eigenvalue weighted by atomic mass is 16.4. The zero-order chi connectivity index (χ0) is 24.4. The minimum Gasteiger partial charge on any atom is -0.480 e. The molecule has 1 aliphatic heterocycles. The number of carboxylic acid groups (broad SMARTS) is 2. The molecule has 184 valence electrons. The average molecular weight is 468 g/mol. The summed E-state index contributed by atoms with van der Waals surface area (Å²) in [7, 11) is 0. The van der Waals surface area contributed by atoms with Crippen LogP contribution in [0.5, 0.6) is 0 Å². The van der Waals surface area contributed by atoms with Gasteiger partial charge < -0.3 is 25.6 Å². The lowest BCUT2D eigenvalue weighted by atomic mass is 10.1. The number of nitrogens with one attached hydrogen (secondary N) is 2. The van der Waals surface area contributed by atoms with E-state index in [0.717, 1.165) is 6.29 Å². The van der Waals surface area contributed by atoms with Crippen molar-refractivity contribution in [1.29, 1.82) is 0 Å². The summed E-state index contributed by atoms with van der Waals surface area (Å²) in [6.45, 7) is 5.43. The Kier molecular flexibility index (Phi) is 10.4. The molecule has 1 saturated heterocycles. The monoisotopic (exact) mass is 467 g/mol. The largest absolute Gasteiger partial charge is 0.480 e. The first-order chi connectivity index (χ1) is 15.8. The molecule has 1 unspecified atom stereocenters. The van der Waals surface area contributed by atoms with Gasteiger partial charge in [0.25, 0.3) is 10.9 Å². The molecule has 0 aliphatic carbocycles. The molecule has 12 nitrogen and oxygen atoms in total. The van der Waals surface area contributed by atoms with Gasteiger partial charge in [-0.1, -0.05) is 0 Å². The fourth-order valence-corrected chi connectivity index (χ4v) is 3.98. The van der Waals surface area contributed by atoms with Gasteiger partial charge in [0, 0.05) is 52.4 Å². The molecule has 1 aromatic rings. The molecule has 0 radical (unpaired) electrons. The Hall–Kier alpha value is -2.83. The predicted molar refractivity (Wildman–Crippen MR) is 123 cm³/mol. The SMILES string of the molecule is CCNc1c(NCCCC(C(=O)O)N2CCN(CC=O)CCN(CC(=O)O)CC2)c(=O)c1=O. The van der Waals surface area contributed by atoms with E-state index in [4.69, 9.17) is 5.11 Å². The summed E-state index contributed by atoms with van der Waals surface area (Å²) in [5, 5.41) is 24.8. The second-order valence-electron chi connectivity index (χ2n) is 8.03. The number of carbonyl (C=O) groups is 3. The van der Waals surface area contributed by atoms with Crippen molar-refractivity contribution in [3.63, 3.8) is 0 Å². The molecule has 12 heteroatoms. The zero-order valence-electron chi connectivity index (χ0n) is 18.9. The van der Waals surface area contributed by atoms with Crippen LogP contribution in [0.15, 0.2) is 9.59 Å². The number of aldehydes is 1. The lowest BCUT2D eigenvalue weighted by molar-refractivity contribution is -0.144. The van der Waals surface area contributed by atoms with E-state index in [2.05, 4.69) is 10.6 Å². The number of anilines is 2. The van der Waals surface area contributed by atoms with E-state index < -0.39 is 28.8 Å². The first kappa shape index (κ1) is 26.4. The maximum Gasteiger partial charge on any atom is 0.320 e. The molecule has 0 spiro atoms. The molecule has 4 N–H and O–H groups in total. The van der Waals surface area contributed by atoms with Crippen LogP contribution in [0, 0.1) is 0 Å². The summed E-state index contributed by atoms with van der Waals surface area (Å²) < 4.78 is 0. The third-order valence-electron chi connectivity index (χ3n) is 5.78. The van der Waals surface area contributed by atoms with Crippen LogP contribution in [0.4, 0.5) is 11.4 Å². The van der Waals surface area contributed by atoms with Crippen molar-refractivity contribution in [3.05, 3.63) is 20.4 Å². The van der Waals surface area contributed by atoms with Crippen molar-refractivity contribution >= 4 is 29.6 Å². The number of carboxylic acids is 2. The van der Waals surface area contributed by atoms with Crippen molar-refractivity contribution in [2.45, 2.75) is 25.8 Å². The third kappa shape index (κ3) is 7.62. The highest BCUT2D eigenvalue weighted by Gasteiger charge is 2.28. The number of hydrogen-bond acceptors (Lipinski definition) is 10. The highest BCUT2D eigenvalue weighted by Crippen LogP contribution is 2.15. The maximum absolute atomic E-state index is 12.0. The minimum absolute atomic E-state index is 0.152. The summed E-state index contributed by atoms with van der Waals surface area (Å²) in [4.78, 5) is 62.9. The van der Waals surface area contributed by atoms with Crippen LogP contribution in [0.25, 0.3) is 0 Å². The van der Waals surface area contributed by atoms with Crippen molar-refractivity contribution in [3.8, 4) is 0 Å². The normalized spacial score (nSPS) is 17.6. The van der Waals surface area contributed by atoms with Gasteiger partial charge in [0.1, 0.15) is 23.7 Å². The van der Waals surface area contributed by atoms with E-state index in [0.29, 0.717) is 65.2 Å². The van der Waals surface area contributed by atoms with Crippen LogP contribution in [0.3, 0.4) is 0 Å². The Morgan fingerprint density at radius 2 is 1.55 bits per heavy atom. The summed E-state index contributed by atoms with van der Waals surface area (Å²) in [5.41, 5.74) is -0.615. The quantitative estimate of drug-likeness (QED) is 0.152. The Bertz CT molecular complexity index is 883. The molecule has 1 fully saturated rings. The molecule has 1 heterocycles. The molecule has 0 amide bonds. The van der Waals surface area contributed by atoms with Crippen LogP contribution in [0.1, 0.15) is 19.8 Å². The minimum atomic E-state index is -0.983. The fourth-order valence-electron chi connectivity index (χ4n) is 3.98. The number of hydrogen-bond donors (Lipinski definition) is 4. The van der Waals surface area contributed by atoms with Crippen LogP contribution in [-0.4, -0.2) is 115 Å². The number of aliphatic carboxylic acids is 2. The number of carbonyl (C=O) groups excluding carboxylic acids is 1. The lowest BCUT2D eigenvalue weighted by Gasteiger charge is -2.30. The van der Waals surface area contributed by atoms with Crippen LogP contribution in [-0.2, 0) is 14.4 Å². The first-order valence-corrected chi connectivity index (χ1v) is 11.2. The van der Waals surface area contributed by atoms with E-state index in [1.54, 1.807) is 4.90 Å². The number of nitrogens with zero attached hydrogens (tertiary/aromatic N) is 3. The Balaban J connectivity index is 1.99. The highest BCUT2D eigenvalue weighted by molar-refractivity contribution is 5.74. The standard InChI is InChI=1S/C21H33N5O7/c1-2-22-17-18(20(31)19(17)30)23-5-3-4-15(21(32)33)26-10-8-24(12-13-27)6-7-25(9-11-26)14-16(28)29/h13,15,22-23H,2-12,14H2,1H3,(H,28,29)(H,32,33). The molecule has 0 saturated carbocycles. The Morgan fingerprint density at radius 1 is 0.970 bits per heavy atom. The molecular weight excluding hydrogens is 434 g/mol. The first-order valence-electron chi connectivity index (χ1n) is 11.2. The van der Waals surface area contributed by atoms with Crippen LogP contribution >= 0.6 is 0 Å². The summed E-state index contributed by atoms with van der Waals surface area (Å²) in [5.74, 6) is -1.94. The summed E-state index contributed by atoms with van der Waals surface area (Å²) >= 11 is 0. The Labute approximate surface area is 191 Å². The second-order valence-corrected chi connectivity index (χ2v) is 8.03. The van der Waals surface area contributed by atoms with Gasteiger partial charge in [0.15, 0.2) is 0 Å². The average Bonchev–Trinajstić information content (AvgIpc) is 2.86. The van der Waals surface area contributed by atoms with Gasteiger partial charge in [-0.15, -0.1) is 0 Å². The van der Waals surface area contributed by atoms with Gasteiger partial charge in [-0.05, 0) is 19.8 Å². The smallest absolute Gasteiger partial charge is 0.320 e. The van der Waals surface area contributed by atoms with Crippen LogP contribution < -0.4 is 21.5 Å². The summed E-state index contributed by atoms with van der Waals surface area (Å²) in [6.07, 6.45) is 1.54.